The summed E-state index contributed by atoms with van der Waals surface area (Å²) in [5, 5.41) is 3.10. The van der Waals surface area contributed by atoms with Crippen LogP contribution in [0.15, 0.2) is 18.2 Å². The van der Waals surface area contributed by atoms with E-state index in [0.29, 0.717) is 19.0 Å². The Morgan fingerprint density at radius 1 is 1.29 bits per heavy atom. The molecular weight excluding hydrogens is 264 g/mol. The van der Waals surface area contributed by atoms with Crippen molar-refractivity contribution in [1.29, 1.82) is 0 Å². The van der Waals surface area contributed by atoms with Gasteiger partial charge >= 0.3 is 6.03 Å². The van der Waals surface area contributed by atoms with E-state index >= 15 is 0 Å². The fourth-order valence-electron chi connectivity index (χ4n) is 2.87. The third-order valence-electron chi connectivity index (χ3n) is 3.87. The van der Waals surface area contributed by atoms with Crippen LogP contribution in [-0.2, 0) is 4.74 Å². The minimum Gasteiger partial charge on any atom is -0.372 e. The Morgan fingerprint density at radius 2 is 1.90 bits per heavy atom. The number of urea groups is 1. The van der Waals surface area contributed by atoms with Crippen LogP contribution in [0.1, 0.15) is 44.7 Å². The van der Waals surface area contributed by atoms with Crippen LogP contribution in [0.3, 0.4) is 0 Å². The van der Waals surface area contributed by atoms with Crippen molar-refractivity contribution in [2.45, 2.75) is 52.7 Å². The molecule has 0 aromatic heterocycles. The number of ether oxygens (including phenoxy) is 1. The number of anilines is 1. The standard InChI is InChI=1S/C17H26N2O2/c1-11(2)15-8-6-7-12(3)16(15)18-17(20)19-9-13(4)21-14(5)10-19/h6-8,11,13-14H,9-10H2,1-5H3,(H,18,20). The molecule has 2 unspecified atom stereocenters. The van der Waals surface area contributed by atoms with Crippen LogP contribution >= 0.6 is 0 Å². The van der Waals surface area contributed by atoms with Crippen LogP contribution in [0.5, 0.6) is 0 Å². The smallest absolute Gasteiger partial charge is 0.322 e. The molecule has 0 radical (unpaired) electrons. The van der Waals surface area contributed by atoms with Crippen LogP contribution < -0.4 is 5.32 Å². The van der Waals surface area contributed by atoms with E-state index in [2.05, 4.69) is 25.2 Å². The number of nitrogens with one attached hydrogen (secondary N) is 1. The average molecular weight is 290 g/mol. The van der Waals surface area contributed by atoms with Crippen molar-refractivity contribution in [2.75, 3.05) is 18.4 Å². The van der Waals surface area contributed by atoms with Gasteiger partial charge in [0.15, 0.2) is 0 Å². The van der Waals surface area contributed by atoms with Gasteiger partial charge in [0.1, 0.15) is 0 Å². The van der Waals surface area contributed by atoms with Gasteiger partial charge in [-0.3, -0.25) is 0 Å². The molecule has 2 amide bonds. The Bertz CT molecular complexity index is 504. The lowest BCUT2D eigenvalue weighted by atomic mass is 9.98. The minimum atomic E-state index is -0.0341. The Labute approximate surface area is 127 Å². The van der Waals surface area contributed by atoms with Gasteiger partial charge in [-0.15, -0.1) is 0 Å². The highest BCUT2D eigenvalue weighted by Gasteiger charge is 2.26. The lowest BCUT2D eigenvalue weighted by molar-refractivity contribution is -0.0530. The van der Waals surface area contributed by atoms with Crippen molar-refractivity contribution in [3.05, 3.63) is 29.3 Å². The minimum absolute atomic E-state index is 0.0341. The van der Waals surface area contributed by atoms with Crippen LogP contribution in [0.25, 0.3) is 0 Å². The number of carbonyl (C=O) groups excluding carboxylic acids is 1. The van der Waals surface area contributed by atoms with Gasteiger partial charge in [0.25, 0.3) is 0 Å². The van der Waals surface area contributed by atoms with E-state index in [9.17, 15) is 4.79 Å². The van der Waals surface area contributed by atoms with Gasteiger partial charge in [-0.05, 0) is 37.8 Å². The van der Waals surface area contributed by atoms with Gasteiger partial charge in [-0.25, -0.2) is 4.79 Å². The van der Waals surface area contributed by atoms with Crippen LogP contribution in [-0.4, -0.2) is 36.2 Å². The predicted octanol–water partition coefficient (Wildman–Crippen LogP) is 3.76. The summed E-state index contributed by atoms with van der Waals surface area (Å²) in [6, 6.07) is 6.12. The molecule has 21 heavy (non-hydrogen) atoms. The zero-order valence-corrected chi connectivity index (χ0v) is 13.6. The average Bonchev–Trinajstić information content (AvgIpc) is 2.39. The second kappa shape index (κ2) is 6.48. The summed E-state index contributed by atoms with van der Waals surface area (Å²) in [6.45, 7) is 11.6. The highest BCUT2D eigenvalue weighted by atomic mass is 16.5. The predicted molar refractivity (Wildman–Crippen MR) is 85.9 cm³/mol. The second-order valence-corrected chi connectivity index (χ2v) is 6.29. The molecular formula is C17H26N2O2. The number of benzene rings is 1. The molecule has 0 spiro atoms. The van der Waals surface area contributed by atoms with E-state index in [1.54, 1.807) is 0 Å². The van der Waals surface area contributed by atoms with E-state index in [-0.39, 0.29) is 18.2 Å². The van der Waals surface area contributed by atoms with Gasteiger partial charge in [0, 0.05) is 18.8 Å². The number of morpholine rings is 1. The van der Waals surface area contributed by atoms with Gasteiger partial charge in [-0.1, -0.05) is 32.0 Å². The van der Waals surface area contributed by atoms with Crippen LogP contribution in [0.4, 0.5) is 10.5 Å². The molecule has 1 N–H and O–H groups in total. The summed E-state index contributed by atoms with van der Waals surface area (Å²) in [7, 11) is 0. The molecule has 1 saturated heterocycles. The highest BCUT2D eigenvalue weighted by molar-refractivity contribution is 5.91. The molecule has 1 heterocycles. The molecule has 4 heteroatoms. The zero-order valence-electron chi connectivity index (χ0n) is 13.6. The number of rotatable bonds is 2. The number of hydrogen-bond acceptors (Lipinski definition) is 2. The monoisotopic (exact) mass is 290 g/mol. The first-order valence-electron chi connectivity index (χ1n) is 7.69. The molecule has 0 saturated carbocycles. The summed E-state index contributed by atoms with van der Waals surface area (Å²) in [5.74, 6) is 0.378. The number of hydrogen-bond donors (Lipinski definition) is 1. The van der Waals surface area contributed by atoms with E-state index in [1.807, 2.05) is 37.8 Å². The number of para-hydroxylation sites is 1. The summed E-state index contributed by atoms with van der Waals surface area (Å²) >= 11 is 0. The molecule has 1 fully saturated rings. The quantitative estimate of drug-likeness (QED) is 0.901. The van der Waals surface area contributed by atoms with Gasteiger partial charge < -0.3 is 15.0 Å². The molecule has 0 aliphatic carbocycles. The van der Waals surface area contributed by atoms with Crippen molar-refractivity contribution >= 4 is 11.7 Å². The Morgan fingerprint density at radius 3 is 2.48 bits per heavy atom. The van der Waals surface area contributed by atoms with Crippen molar-refractivity contribution in [1.82, 2.24) is 4.90 Å². The molecule has 1 aliphatic rings. The molecule has 0 bridgehead atoms. The van der Waals surface area contributed by atoms with E-state index in [0.717, 1.165) is 11.3 Å². The number of aryl methyl sites for hydroxylation is 1. The lowest BCUT2D eigenvalue weighted by Gasteiger charge is -2.35. The molecule has 2 atom stereocenters. The molecule has 1 aromatic carbocycles. The largest absolute Gasteiger partial charge is 0.372 e. The molecule has 1 aliphatic heterocycles. The van der Waals surface area contributed by atoms with Gasteiger partial charge in [0.2, 0.25) is 0 Å². The maximum atomic E-state index is 12.5. The van der Waals surface area contributed by atoms with E-state index in [4.69, 9.17) is 4.74 Å². The summed E-state index contributed by atoms with van der Waals surface area (Å²) < 4.78 is 5.68. The lowest BCUT2D eigenvalue weighted by Crippen LogP contribution is -2.49. The van der Waals surface area contributed by atoms with Crippen LogP contribution in [0, 0.1) is 6.92 Å². The molecule has 4 nitrogen and oxygen atoms in total. The Balaban J connectivity index is 2.16. The van der Waals surface area contributed by atoms with Crippen molar-refractivity contribution in [3.8, 4) is 0 Å². The first kappa shape index (κ1) is 15.8. The third kappa shape index (κ3) is 3.76. The second-order valence-electron chi connectivity index (χ2n) is 6.29. The molecule has 116 valence electrons. The first-order chi connectivity index (χ1) is 9.88. The fourth-order valence-corrected chi connectivity index (χ4v) is 2.87. The van der Waals surface area contributed by atoms with Crippen molar-refractivity contribution in [3.63, 3.8) is 0 Å². The third-order valence-corrected chi connectivity index (χ3v) is 3.87. The zero-order chi connectivity index (χ0) is 15.6. The maximum absolute atomic E-state index is 12.5. The van der Waals surface area contributed by atoms with Crippen molar-refractivity contribution < 1.29 is 9.53 Å². The summed E-state index contributed by atoms with van der Waals surface area (Å²) in [5.41, 5.74) is 3.23. The normalized spacial score (nSPS) is 22.5. The van der Waals surface area contributed by atoms with Crippen molar-refractivity contribution in [2.24, 2.45) is 0 Å². The SMILES string of the molecule is Cc1cccc(C(C)C)c1NC(=O)N1CC(C)OC(C)C1. The number of nitrogens with zero attached hydrogens (tertiary/aromatic N) is 1. The fraction of sp³-hybridized carbons (Fsp3) is 0.588. The maximum Gasteiger partial charge on any atom is 0.322 e. The molecule has 2 rings (SSSR count). The summed E-state index contributed by atoms with van der Waals surface area (Å²) in [6.07, 6.45) is 0.168. The summed E-state index contributed by atoms with van der Waals surface area (Å²) in [4.78, 5) is 14.4. The first-order valence-corrected chi connectivity index (χ1v) is 7.69. The number of amides is 2. The Hall–Kier alpha value is -1.55. The van der Waals surface area contributed by atoms with E-state index < -0.39 is 0 Å². The topological polar surface area (TPSA) is 41.6 Å². The van der Waals surface area contributed by atoms with Crippen LogP contribution in [0.2, 0.25) is 0 Å². The van der Waals surface area contributed by atoms with E-state index in [1.165, 1.54) is 5.56 Å². The van der Waals surface area contributed by atoms with Gasteiger partial charge in [0.05, 0.1) is 12.2 Å². The highest BCUT2D eigenvalue weighted by Crippen LogP contribution is 2.28. The number of carbonyl (C=O) groups is 1. The Kier molecular flexibility index (Phi) is 4.88. The van der Waals surface area contributed by atoms with Gasteiger partial charge in [-0.2, -0.15) is 0 Å². The molecule has 1 aromatic rings.